The summed E-state index contributed by atoms with van der Waals surface area (Å²) in [6.07, 6.45) is 0.533. The van der Waals surface area contributed by atoms with E-state index in [-0.39, 0.29) is 6.61 Å². The molecule has 0 fully saturated rings. The van der Waals surface area contributed by atoms with Crippen LogP contribution < -0.4 is 0 Å². The van der Waals surface area contributed by atoms with Gasteiger partial charge in [-0.25, -0.2) is 4.98 Å². The van der Waals surface area contributed by atoms with Gasteiger partial charge in [-0.3, -0.25) is 0 Å². The van der Waals surface area contributed by atoms with Gasteiger partial charge in [-0.2, -0.15) is 0 Å². The summed E-state index contributed by atoms with van der Waals surface area (Å²) in [4.78, 5) is 7.34. The molecule has 0 aliphatic carbocycles. The molecule has 2 N–H and O–H groups in total. The van der Waals surface area contributed by atoms with Crippen LogP contribution in [0.5, 0.6) is 0 Å². The summed E-state index contributed by atoms with van der Waals surface area (Å²) >= 11 is 5.93. The predicted octanol–water partition coefficient (Wildman–Crippen LogP) is 1.75. The van der Waals surface area contributed by atoms with E-state index in [0.29, 0.717) is 11.4 Å². The summed E-state index contributed by atoms with van der Waals surface area (Å²) in [5.74, 6) is 0.769. The van der Waals surface area contributed by atoms with Crippen LogP contribution in [0.2, 0.25) is 5.02 Å². The lowest BCUT2D eigenvalue weighted by Gasteiger charge is -1.88. The Morgan fingerprint density at radius 1 is 1.46 bits per heavy atom. The van der Waals surface area contributed by atoms with Gasteiger partial charge in [0, 0.05) is 6.42 Å². The second-order valence-electron chi connectivity index (χ2n) is 2.79. The maximum absolute atomic E-state index is 8.72. The highest BCUT2D eigenvalue weighted by Gasteiger charge is 2.04. The fourth-order valence-corrected chi connectivity index (χ4v) is 1.49. The topological polar surface area (TPSA) is 48.9 Å². The van der Waals surface area contributed by atoms with Crippen LogP contribution in [0.3, 0.4) is 0 Å². The van der Waals surface area contributed by atoms with Crippen LogP contribution in [0, 0.1) is 0 Å². The van der Waals surface area contributed by atoms with Crippen molar-refractivity contribution >= 4 is 22.6 Å². The second-order valence-corrected chi connectivity index (χ2v) is 3.20. The van der Waals surface area contributed by atoms with Gasteiger partial charge in [-0.15, -0.1) is 0 Å². The number of halogens is 1. The molecule has 3 nitrogen and oxygen atoms in total. The molecular formula is C9H9ClN2O. The minimum absolute atomic E-state index is 0.0947. The number of aromatic nitrogens is 2. The number of imidazole rings is 1. The normalized spacial score (nSPS) is 10.9. The Hall–Kier alpha value is -1.06. The number of hydrogen-bond donors (Lipinski definition) is 2. The molecule has 0 bridgehead atoms. The molecule has 2 rings (SSSR count). The summed E-state index contributed by atoms with van der Waals surface area (Å²) in [5.41, 5.74) is 1.68. The number of aromatic amines is 1. The number of benzene rings is 1. The Bertz CT molecular complexity index is 424. The van der Waals surface area contributed by atoms with Gasteiger partial charge in [-0.05, 0) is 12.1 Å². The first-order valence-electron chi connectivity index (χ1n) is 4.05. The van der Waals surface area contributed by atoms with Gasteiger partial charge in [0.1, 0.15) is 11.3 Å². The zero-order valence-electron chi connectivity index (χ0n) is 6.92. The molecule has 0 amide bonds. The van der Waals surface area contributed by atoms with Crippen molar-refractivity contribution in [2.75, 3.05) is 6.61 Å². The molecule has 0 saturated heterocycles. The van der Waals surface area contributed by atoms with E-state index in [2.05, 4.69) is 9.97 Å². The van der Waals surface area contributed by atoms with Crippen LogP contribution in [0.15, 0.2) is 18.2 Å². The zero-order valence-corrected chi connectivity index (χ0v) is 7.67. The summed E-state index contributed by atoms with van der Waals surface area (Å²) < 4.78 is 0. The van der Waals surface area contributed by atoms with Crippen molar-refractivity contribution < 1.29 is 5.11 Å². The van der Waals surface area contributed by atoms with E-state index >= 15 is 0 Å². The third kappa shape index (κ3) is 1.53. The molecule has 1 aromatic heterocycles. The average Bonchev–Trinajstić information content (AvgIpc) is 2.49. The number of rotatable bonds is 2. The van der Waals surface area contributed by atoms with Crippen molar-refractivity contribution in [3.63, 3.8) is 0 Å². The standard InChI is InChI=1S/C9H9ClN2O/c10-6-2-1-3-7-9(6)12-8(11-7)4-5-13/h1-3,13H,4-5H2,(H,11,12). The lowest BCUT2D eigenvalue weighted by molar-refractivity contribution is 0.297. The van der Waals surface area contributed by atoms with Crippen LogP contribution in [-0.4, -0.2) is 21.7 Å². The van der Waals surface area contributed by atoms with Crippen molar-refractivity contribution in [1.82, 2.24) is 9.97 Å². The predicted molar refractivity (Wildman–Crippen MR) is 51.9 cm³/mol. The number of nitrogens with one attached hydrogen (secondary N) is 1. The number of para-hydroxylation sites is 1. The number of hydrogen-bond acceptors (Lipinski definition) is 2. The van der Waals surface area contributed by atoms with Crippen LogP contribution in [0.25, 0.3) is 11.0 Å². The van der Waals surface area contributed by atoms with Gasteiger partial charge in [0.25, 0.3) is 0 Å². The van der Waals surface area contributed by atoms with E-state index in [9.17, 15) is 0 Å². The number of fused-ring (bicyclic) bond motifs is 1. The molecule has 13 heavy (non-hydrogen) atoms. The molecule has 4 heteroatoms. The number of H-pyrrole nitrogens is 1. The van der Waals surface area contributed by atoms with Crippen LogP contribution in [0.4, 0.5) is 0 Å². The molecule has 1 aromatic carbocycles. The zero-order chi connectivity index (χ0) is 9.26. The maximum atomic E-state index is 8.72. The van der Waals surface area contributed by atoms with E-state index in [1.165, 1.54) is 0 Å². The third-order valence-corrected chi connectivity index (χ3v) is 2.17. The highest BCUT2D eigenvalue weighted by Crippen LogP contribution is 2.20. The monoisotopic (exact) mass is 196 g/mol. The highest BCUT2D eigenvalue weighted by atomic mass is 35.5. The minimum atomic E-state index is 0.0947. The van der Waals surface area contributed by atoms with Gasteiger partial charge in [0.2, 0.25) is 0 Å². The molecule has 1 heterocycles. The average molecular weight is 197 g/mol. The van der Waals surface area contributed by atoms with E-state index in [1.807, 2.05) is 12.1 Å². The van der Waals surface area contributed by atoms with E-state index in [4.69, 9.17) is 16.7 Å². The largest absolute Gasteiger partial charge is 0.396 e. The summed E-state index contributed by atoms with van der Waals surface area (Å²) in [5, 5.41) is 9.36. The Labute approximate surface area is 80.4 Å². The number of aliphatic hydroxyl groups excluding tert-OH is 1. The summed E-state index contributed by atoms with van der Waals surface area (Å²) in [7, 11) is 0. The molecule has 0 atom stereocenters. The lowest BCUT2D eigenvalue weighted by atomic mass is 10.3. The minimum Gasteiger partial charge on any atom is -0.396 e. The van der Waals surface area contributed by atoms with Crippen LogP contribution in [-0.2, 0) is 6.42 Å². The second kappa shape index (κ2) is 3.36. The van der Waals surface area contributed by atoms with E-state index in [1.54, 1.807) is 6.07 Å². The van der Waals surface area contributed by atoms with E-state index in [0.717, 1.165) is 16.9 Å². The van der Waals surface area contributed by atoms with Gasteiger partial charge >= 0.3 is 0 Å². The summed E-state index contributed by atoms with van der Waals surface area (Å²) in [6.45, 7) is 0.0947. The van der Waals surface area contributed by atoms with Crippen molar-refractivity contribution in [3.05, 3.63) is 29.0 Å². The molecule has 68 valence electrons. The molecule has 0 radical (unpaired) electrons. The smallest absolute Gasteiger partial charge is 0.109 e. The molecule has 0 spiro atoms. The van der Waals surface area contributed by atoms with Gasteiger partial charge in [0.15, 0.2) is 0 Å². The third-order valence-electron chi connectivity index (χ3n) is 1.86. The van der Waals surface area contributed by atoms with Crippen molar-refractivity contribution in [1.29, 1.82) is 0 Å². The first-order valence-corrected chi connectivity index (χ1v) is 4.43. The number of nitrogens with zero attached hydrogens (tertiary/aromatic N) is 1. The molecule has 2 aromatic rings. The lowest BCUT2D eigenvalue weighted by Crippen LogP contribution is -1.91. The molecule has 0 saturated carbocycles. The van der Waals surface area contributed by atoms with Crippen LogP contribution in [0.1, 0.15) is 5.82 Å². The van der Waals surface area contributed by atoms with Gasteiger partial charge < -0.3 is 10.1 Å². The fourth-order valence-electron chi connectivity index (χ4n) is 1.27. The Morgan fingerprint density at radius 3 is 3.00 bits per heavy atom. The molecule has 0 aliphatic rings. The van der Waals surface area contributed by atoms with E-state index < -0.39 is 0 Å². The Kier molecular flexibility index (Phi) is 2.20. The maximum Gasteiger partial charge on any atom is 0.109 e. The number of aliphatic hydroxyl groups is 1. The van der Waals surface area contributed by atoms with Crippen LogP contribution >= 0.6 is 11.6 Å². The fraction of sp³-hybridized carbons (Fsp3) is 0.222. The summed E-state index contributed by atoms with van der Waals surface area (Å²) in [6, 6.07) is 5.58. The van der Waals surface area contributed by atoms with Gasteiger partial charge in [-0.1, -0.05) is 17.7 Å². The molecule has 0 aliphatic heterocycles. The Morgan fingerprint density at radius 2 is 2.31 bits per heavy atom. The van der Waals surface area contributed by atoms with Crippen molar-refractivity contribution in [2.24, 2.45) is 0 Å². The molecule has 0 unspecified atom stereocenters. The molecular weight excluding hydrogens is 188 g/mol. The quantitative estimate of drug-likeness (QED) is 0.769. The first kappa shape index (κ1) is 8.53. The van der Waals surface area contributed by atoms with Gasteiger partial charge in [0.05, 0.1) is 17.1 Å². The van der Waals surface area contributed by atoms with Crippen molar-refractivity contribution in [3.8, 4) is 0 Å². The highest BCUT2D eigenvalue weighted by molar-refractivity contribution is 6.34. The SMILES string of the molecule is OCCc1nc2c(Cl)cccc2[nH]1. The van der Waals surface area contributed by atoms with Crippen molar-refractivity contribution in [2.45, 2.75) is 6.42 Å². The Balaban J connectivity index is 2.55. The first-order chi connectivity index (χ1) is 6.31.